The number of nitrogens with zero attached hydrogens (tertiary/aromatic N) is 5. The number of anilines is 6. The molecule has 0 fully saturated rings. The number of pyridine rings is 1. The molecule has 1 spiro atoms. The fourth-order valence-corrected chi connectivity index (χ4v) is 13.6. The fourth-order valence-electron chi connectivity index (χ4n) is 12.5. The third-order valence-electron chi connectivity index (χ3n) is 16.5. The van der Waals surface area contributed by atoms with Crippen LogP contribution in [0.4, 0.5) is 34.3 Å². The number of fused-ring (bicyclic) bond motifs is 9. The molecule has 0 saturated heterocycles. The molecule has 2 aromatic heterocycles. The Labute approximate surface area is 484 Å². The zero-order valence-electron chi connectivity index (χ0n) is 46.0. The molecule has 6 nitrogen and oxygen atoms in total. The van der Waals surface area contributed by atoms with Crippen LogP contribution >= 0.6 is 0 Å². The molecule has 81 heavy (non-hydrogen) atoms. The Morgan fingerprint density at radius 3 is 1.59 bits per heavy atom. The topological polar surface area (TPSA) is 38.5 Å². The van der Waals surface area contributed by atoms with E-state index in [0.29, 0.717) is 11.5 Å². The van der Waals surface area contributed by atoms with Crippen LogP contribution < -0.4 is 14.5 Å². The summed E-state index contributed by atoms with van der Waals surface area (Å²) in [6, 6.07) is 90.7. The van der Waals surface area contributed by atoms with Crippen LogP contribution in [0.5, 0.6) is 11.5 Å². The van der Waals surface area contributed by atoms with Crippen molar-refractivity contribution >= 4 is 45.3 Å². The third-order valence-corrected chi connectivity index (χ3v) is 17.5. The van der Waals surface area contributed by atoms with Gasteiger partial charge in [0.2, 0.25) is 0 Å². The molecule has 7 heteroatoms. The van der Waals surface area contributed by atoms with Crippen molar-refractivity contribution in [2.45, 2.75) is 52.4 Å². The Morgan fingerprint density at radius 2 is 1.00 bits per heavy atom. The minimum Gasteiger partial charge on any atom is -0.0618 e. The van der Waals surface area contributed by atoms with E-state index in [9.17, 15) is 0 Å². The standard InChI is InChI=1S/C74H57N5O.Pt/c1-49-43-56(44-50(2)51(49)3)78-65-34-16-13-31-61(65)74(62-32-14-17-35-66(62)78)63-33-15-18-36-67(63)79(71-45-54(41-42-75-71)73(4,5)6)70-47-58(39-40-64(70)74)80-57-28-21-27-55(46-57)76-48-77(69-38-20-19-37-68(69)76)72-59(52-23-9-7-10-24-52)29-22-30-60(72)53-25-11-8-12-26-53;/h7-45H,1-6H3;/q-2;. The van der Waals surface area contributed by atoms with Crippen LogP contribution in [0.25, 0.3) is 44.7 Å². The predicted molar refractivity (Wildman–Crippen MR) is 326 cm³/mol. The van der Waals surface area contributed by atoms with Crippen LogP contribution in [0.15, 0.2) is 237 Å². The van der Waals surface area contributed by atoms with Crippen molar-refractivity contribution in [1.29, 1.82) is 0 Å². The monoisotopic (exact) mass is 1230 g/mol. The first-order valence-corrected chi connectivity index (χ1v) is 28.8. The quantitative estimate of drug-likeness (QED) is 0.142. The number of rotatable bonds is 8. The molecule has 0 unspecified atom stereocenters. The number of ether oxygens (including phenoxy) is 1. The second-order valence-corrected chi connectivity index (χ2v) is 23.3. The van der Waals surface area contributed by atoms with Gasteiger partial charge >= 0.3 is 306 Å². The Kier molecular flexibility index (Phi) is 12.1. The molecule has 2 aliphatic rings. The Morgan fingerprint density at radius 1 is 0.481 bits per heavy atom. The molecule has 2 aliphatic heterocycles. The molecule has 396 valence electrons. The van der Waals surface area contributed by atoms with Crippen LogP contribution in [-0.4, -0.2) is 14.1 Å². The number of para-hydroxylation sites is 6. The summed E-state index contributed by atoms with van der Waals surface area (Å²) in [7, 11) is 0. The Hall–Kier alpha value is -9.09. The van der Waals surface area contributed by atoms with Crippen LogP contribution in [0.3, 0.4) is 0 Å². The summed E-state index contributed by atoms with van der Waals surface area (Å²) >= 11 is 2.49. The Balaban J connectivity index is 0.953. The maximum atomic E-state index is 7.09. The minimum atomic E-state index is -0.773. The number of imidazole rings is 1. The first-order chi connectivity index (χ1) is 39.5. The molecular weight excluding hydrogens is 1170 g/mol. The summed E-state index contributed by atoms with van der Waals surface area (Å²) in [4.78, 5) is 9.94. The van der Waals surface area contributed by atoms with Gasteiger partial charge in [-0.1, -0.05) is 75.4 Å². The van der Waals surface area contributed by atoms with Gasteiger partial charge in [-0.25, -0.2) is 0 Å². The summed E-state index contributed by atoms with van der Waals surface area (Å²) in [5.74, 6) is 1.94. The van der Waals surface area contributed by atoms with E-state index in [1.54, 1.807) is 0 Å². The molecule has 0 radical (unpaired) electrons. The second-order valence-electron chi connectivity index (χ2n) is 22.3. The first-order valence-electron chi connectivity index (χ1n) is 27.6. The van der Waals surface area contributed by atoms with Crippen molar-refractivity contribution < 1.29 is 24.1 Å². The van der Waals surface area contributed by atoms with Gasteiger partial charge in [-0.05, 0) is 78.8 Å². The van der Waals surface area contributed by atoms with Gasteiger partial charge in [0, 0.05) is 23.3 Å². The van der Waals surface area contributed by atoms with Gasteiger partial charge < -0.3 is 4.90 Å². The average Bonchev–Trinajstić information content (AvgIpc) is 2.11. The van der Waals surface area contributed by atoms with E-state index in [1.807, 2.05) is 12.3 Å². The summed E-state index contributed by atoms with van der Waals surface area (Å²) < 4.78 is 12.8. The molecule has 0 atom stereocenters. The zero-order valence-corrected chi connectivity index (χ0v) is 48.2. The number of aryl methyl sites for hydroxylation is 2. The molecule has 0 N–H and O–H groups in total. The van der Waals surface area contributed by atoms with E-state index >= 15 is 0 Å². The average molecular weight is 1230 g/mol. The van der Waals surface area contributed by atoms with Gasteiger partial charge in [-0.2, -0.15) is 0 Å². The van der Waals surface area contributed by atoms with Crippen LogP contribution in [-0.2, 0) is 30.2 Å². The van der Waals surface area contributed by atoms with E-state index < -0.39 is 5.41 Å². The number of hydrogen-bond acceptors (Lipinski definition) is 4. The van der Waals surface area contributed by atoms with Gasteiger partial charge in [-0.15, -0.1) is 0 Å². The van der Waals surface area contributed by atoms with Gasteiger partial charge in [0.05, 0.1) is 0 Å². The predicted octanol–water partition coefficient (Wildman–Crippen LogP) is 18.8. The SMILES string of the molecule is Cc1cc(N2c3ccccc3C3(c4ccc(Oc5[c-]c(-n6[c](=[Pt])n(-c7c(-c8ccccc8)cccc7-c7ccccc7)c7ccccc76)ccc5)[c-]c4N(c4cc(C(C)(C)C)ccn4)c4ccccc43)c3ccccc32)cc(C)c1C. The van der Waals surface area contributed by atoms with Gasteiger partial charge in [0.25, 0.3) is 0 Å². The van der Waals surface area contributed by atoms with Crippen LogP contribution in [0, 0.1) is 36.7 Å². The van der Waals surface area contributed by atoms with E-state index in [1.165, 1.54) is 33.4 Å². The van der Waals surface area contributed by atoms with Crippen molar-refractivity contribution in [3.8, 4) is 45.1 Å². The van der Waals surface area contributed by atoms with Gasteiger partial charge in [-0.3, -0.25) is 0 Å². The van der Waals surface area contributed by atoms with Crippen molar-refractivity contribution in [1.82, 2.24) is 14.1 Å². The van der Waals surface area contributed by atoms with Crippen molar-refractivity contribution in [2.24, 2.45) is 0 Å². The van der Waals surface area contributed by atoms with Gasteiger partial charge in [0.15, 0.2) is 0 Å². The minimum absolute atomic E-state index is 0.123. The molecular formula is C74H57N5OPt-2. The molecule has 12 aromatic rings. The first kappa shape index (κ1) is 50.2. The van der Waals surface area contributed by atoms with Crippen LogP contribution in [0.1, 0.15) is 65.3 Å². The summed E-state index contributed by atoms with van der Waals surface area (Å²) in [5, 5.41) is 0. The molecule has 0 bridgehead atoms. The molecule has 0 aliphatic carbocycles. The summed E-state index contributed by atoms with van der Waals surface area (Å²) in [6.07, 6.45) is 1.94. The second kappa shape index (κ2) is 19.6. The summed E-state index contributed by atoms with van der Waals surface area (Å²) in [5.41, 5.74) is 22.6. The van der Waals surface area contributed by atoms with E-state index in [4.69, 9.17) is 9.72 Å². The molecule has 0 amide bonds. The smallest absolute Gasteiger partial charge is 0.0618 e. The normalized spacial score (nSPS) is 13.2. The number of aromatic nitrogens is 3. The van der Waals surface area contributed by atoms with Crippen molar-refractivity contribution in [3.05, 3.63) is 297 Å². The van der Waals surface area contributed by atoms with E-state index in [2.05, 4.69) is 316 Å². The molecule has 0 saturated carbocycles. The molecule has 4 heterocycles. The zero-order chi connectivity index (χ0) is 55.1. The van der Waals surface area contributed by atoms with Crippen molar-refractivity contribution in [2.75, 3.05) is 9.80 Å². The Bertz CT molecular complexity index is 4380. The summed E-state index contributed by atoms with van der Waals surface area (Å²) in [6.45, 7) is 13.4. The number of benzene rings is 10. The van der Waals surface area contributed by atoms with Crippen molar-refractivity contribution in [3.63, 3.8) is 0 Å². The fraction of sp³-hybridized carbons (Fsp3) is 0.108. The van der Waals surface area contributed by atoms with E-state index in [0.717, 1.165) is 93.8 Å². The maximum absolute atomic E-state index is 7.09. The third kappa shape index (κ3) is 8.10. The molecule has 14 rings (SSSR count). The van der Waals surface area contributed by atoms with E-state index in [-0.39, 0.29) is 5.41 Å². The molecule has 10 aromatic carbocycles. The van der Waals surface area contributed by atoms with Crippen LogP contribution in [0.2, 0.25) is 0 Å². The number of hydrogen-bond donors (Lipinski definition) is 0. The van der Waals surface area contributed by atoms with Gasteiger partial charge in [0.1, 0.15) is 0 Å².